The SMILES string of the molecule is CCc1coc(-c2cc(C(C)C)co2)c1. The summed E-state index contributed by atoms with van der Waals surface area (Å²) in [6.45, 7) is 6.40. The Morgan fingerprint density at radius 1 is 1.07 bits per heavy atom. The first-order chi connectivity index (χ1) is 7.20. The summed E-state index contributed by atoms with van der Waals surface area (Å²) >= 11 is 0. The zero-order valence-electron chi connectivity index (χ0n) is 9.41. The second-order valence-corrected chi connectivity index (χ2v) is 4.07. The molecule has 2 rings (SSSR count). The number of rotatable bonds is 3. The van der Waals surface area contributed by atoms with Gasteiger partial charge in [0.1, 0.15) is 0 Å². The van der Waals surface area contributed by atoms with Crippen molar-refractivity contribution in [2.75, 3.05) is 0 Å². The first-order valence-corrected chi connectivity index (χ1v) is 5.37. The highest BCUT2D eigenvalue weighted by atomic mass is 16.4. The molecule has 0 atom stereocenters. The van der Waals surface area contributed by atoms with Crippen molar-refractivity contribution in [1.29, 1.82) is 0 Å². The van der Waals surface area contributed by atoms with E-state index in [2.05, 4.69) is 20.8 Å². The third-order valence-electron chi connectivity index (χ3n) is 2.59. The second kappa shape index (κ2) is 3.97. The third-order valence-corrected chi connectivity index (χ3v) is 2.59. The molecule has 0 fully saturated rings. The summed E-state index contributed by atoms with van der Waals surface area (Å²) in [5.41, 5.74) is 2.41. The lowest BCUT2D eigenvalue weighted by Crippen LogP contribution is -1.80. The Hall–Kier alpha value is -1.44. The molecule has 0 amide bonds. The van der Waals surface area contributed by atoms with E-state index in [-0.39, 0.29) is 0 Å². The van der Waals surface area contributed by atoms with Crippen molar-refractivity contribution in [2.24, 2.45) is 0 Å². The lowest BCUT2D eigenvalue weighted by atomic mass is 10.1. The Balaban J connectivity index is 2.28. The molecule has 0 N–H and O–H groups in total. The maximum absolute atomic E-state index is 5.48. The standard InChI is InChI=1S/C13H16O2/c1-4-10-5-12(14-7-10)13-6-11(8-15-13)9(2)3/h5-9H,4H2,1-3H3. The lowest BCUT2D eigenvalue weighted by molar-refractivity contribution is 0.521. The monoisotopic (exact) mass is 204 g/mol. The number of aryl methyl sites for hydroxylation is 1. The summed E-state index contributed by atoms with van der Waals surface area (Å²) in [4.78, 5) is 0. The molecule has 0 aromatic carbocycles. The molecule has 2 nitrogen and oxygen atoms in total. The van der Waals surface area contributed by atoms with E-state index in [1.54, 1.807) is 12.5 Å². The number of hydrogen-bond donors (Lipinski definition) is 0. The Bertz CT molecular complexity index is 435. The summed E-state index contributed by atoms with van der Waals surface area (Å²) in [6, 6.07) is 4.08. The zero-order valence-corrected chi connectivity index (χ0v) is 9.41. The van der Waals surface area contributed by atoms with Crippen molar-refractivity contribution in [1.82, 2.24) is 0 Å². The van der Waals surface area contributed by atoms with Gasteiger partial charge in [0.15, 0.2) is 11.5 Å². The van der Waals surface area contributed by atoms with Crippen LogP contribution in [-0.2, 0) is 6.42 Å². The Morgan fingerprint density at radius 2 is 1.73 bits per heavy atom. The van der Waals surface area contributed by atoms with Crippen LogP contribution < -0.4 is 0 Å². The van der Waals surface area contributed by atoms with Crippen LogP contribution in [0.4, 0.5) is 0 Å². The molecule has 0 spiro atoms. The molecule has 0 saturated carbocycles. The van der Waals surface area contributed by atoms with Gasteiger partial charge in [0.2, 0.25) is 0 Å². The van der Waals surface area contributed by atoms with Crippen LogP contribution in [0.15, 0.2) is 33.5 Å². The molecule has 2 aromatic heterocycles. The fourth-order valence-corrected chi connectivity index (χ4v) is 1.47. The van der Waals surface area contributed by atoms with E-state index in [1.165, 1.54) is 11.1 Å². The van der Waals surface area contributed by atoms with Crippen LogP contribution in [0.2, 0.25) is 0 Å². The average molecular weight is 204 g/mol. The topological polar surface area (TPSA) is 26.3 Å². The van der Waals surface area contributed by atoms with E-state index in [0.717, 1.165) is 17.9 Å². The van der Waals surface area contributed by atoms with Crippen molar-refractivity contribution in [3.05, 3.63) is 35.8 Å². The van der Waals surface area contributed by atoms with Crippen molar-refractivity contribution in [3.63, 3.8) is 0 Å². The van der Waals surface area contributed by atoms with Crippen LogP contribution >= 0.6 is 0 Å². The number of hydrogen-bond acceptors (Lipinski definition) is 2. The summed E-state index contributed by atoms with van der Waals surface area (Å²) in [6.07, 6.45) is 4.57. The van der Waals surface area contributed by atoms with Crippen LogP contribution in [0, 0.1) is 0 Å². The molecule has 0 radical (unpaired) electrons. The minimum absolute atomic E-state index is 0.489. The average Bonchev–Trinajstić information content (AvgIpc) is 2.86. The fraction of sp³-hybridized carbons (Fsp3) is 0.385. The van der Waals surface area contributed by atoms with Crippen LogP contribution in [0.5, 0.6) is 0 Å². The van der Waals surface area contributed by atoms with Gasteiger partial charge in [0.25, 0.3) is 0 Å². The van der Waals surface area contributed by atoms with Crippen molar-refractivity contribution in [2.45, 2.75) is 33.1 Å². The van der Waals surface area contributed by atoms with Gasteiger partial charge in [-0.3, -0.25) is 0 Å². The smallest absolute Gasteiger partial charge is 0.169 e. The van der Waals surface area contributed by atoms with Gasteiger partial charge in [-0.2, -0.15) is 0 Å². The van der Waals surface area contributed by atoms with E-state index >= 15 is 0 Å². The molecular formula is C13H16O2. The molecule has 2 heteroatoms. The predicted octanol–water partition coefficient (Wildman–Crippen LogP) is 4.23. The van der Waals surface area contributed by atoms with Gasteiger partial charge in [-0.05, 0) is 35.6 Å². The van der Waals surface area contributed by atoms with E-state index in [4.69, 9.17) is 8.83 Å². The maximum atomic E-state index is 5.48. The molecule has 15 heavy (non-hydrogen) atoms. The quantitative estimate of drug-likeness (QED) is 0.748. The molecule has 2 aromatic rings. The van der Waals surface area contributed by atoms with Gasteiger partial charge in [-0.1, -0.05) is 20.8 Å². The highest BCUT2D eigenvalue weighted by Gasteiger charge is 2.10. The molecule has 2 heterocycles. The lowest BCUT2D eigenvalue weighted by Gasteiger charge is -1.95. The molecule has 0 saturated heterocycles. The second-order valence-electron chi connectivity index (χ2n) is 4.07. The van der Waals surface area contributed by atoms with Crippen molar-refractivity contribution < 1.29 is 8.83 Å². The first kappa shape index (κ1) is 10.1. The molecule has 0 aliphatic carbocycles. The summed E-state index contributed by atoms with van der Waals surface area (Å²) < 4.78 is 10.9. The van der Waals surface area contributed by atoms with Crippen LogP contribution in [-0.4, -0.2) is 0 Å². The molecule has 0 unspecified atom stereocenters. The first-order valence-electron chi connectivity index (χ1n) is 5.37. The fourth-order valence-electron chi connectivity index (χ4n) is 1.47. The largest absolute Gasteiger partial charge is 0.461 e. The molecule has 0 aliphatic rings. The van der Waals surface area contributed by atoms with Crippen molar-refractivity contribution >= 4 is 0 Å². The highest BCUT2D eigenvalue weighted by Crippen LogP contribution is 2.27. The predicted molar refractivity (Wildman–Crippen MR) is 59.9 cm³/mol. The van der Waals surface area contributed by atoms with Crippen LogP contribution in [0.1, 0.15) is 37.8 Å². The molecule has 80 valence electrons. The van der Waals surface area contributed by atoms with Crippen LogP contribution in [0.25, 0.3) is 11.5 Å². The van der Waals surface area contributed by atoms with E-state index < -0.39 is 0 Å². The highest BCUT2D eigenvalue weighted by molar-refractivity contribution is 5.52. The zero-order chi connectivity index (χ0) is 10.8. The van der Waals surface area contributed by atoms with E-state index in [0.29, 0.717) is 5.92 Å². The van der Waals surface area contributed by atoms with Gasteiger partial charge in [-0.15, -0.1) is 0 Å². The molecular weight excluding hydrogens is 188 g/mol. The van der Waals surface area contributed by atoms with Gasteiger partial charge in [-0.25, -0.2) is 0 Å². The van der Waals surface area contributed by atoms with E-state index in [1.807, 2.05) is 12.1 Å². The third kappa shape index (κ3) is 1.99. The summed E-state index contributed by atoms with van der Waals surface area (Å²) in [5.74, 6) is 2.13. The Kier molecular flexibility index (Phi) is 2.67. The minimum Gasteiger partial charge on any atom is -0.461 e. The number of furan rings is 2. The van der Waals surface area contributed by atoms with Gasteiger partial charge >= 0.3 is 0 Å². The van der Waals surface area contributed by atoms with Gasteiger partial charge in [0, 0.05) is 0 Å². The Labute approximate surface area is 89.9 Å². The minimum atomic E-state index is 0.489. The van der Waals surface area contributed by atoms with Gasteiger partial charge in [0.05, 0.1) is 12.5 Å². The van der Waals surface area contributed by atoms with Crippen molar-refractivity contribution in [3.8, 4) is 11.5 Å². The normalized spacial score (nSPS) is 11.2. The van der Waals surface area contributed by atoms with Gasteiger partial charge < -0.3 is 8.83 Å². The van der Waals surface area contributed by atoms with E-state index in [9.17, 15) is 0 Å². The molecule has 0 aliphatic heterocycles. The molecule has 0 bridgehead atoms. The maximum Gasteiger partial charge on any atom is 0.169 e. The van der Waals surface area contributed by atoms with Crippen LogP contribution in [0.3, 0.4) is 0 Å². The summed E-state index contributed by atoms with van der Waals surface area (Å²) in [7, 11) is 0. The Morgan fingerprint density at radius 3 is 2.27 bits per heavy atom. The summed E-state index contributed by atoms with van der Waals surface area (Å²) in [5, 5.41) is 0.